The summed E-state index contributed by atoms with van der Waals surface area (Å²) in [6.45, 7) is 6.58. The van der Waals surface area contributed by atoms with Gasteiger partial charge in [-0.25, -0.2) is 0 Å². The van der Waals surface area contributed by atoms with E-state index in [0.717, 1.165) is 89.9 Å². The largest absolute Gasteiger partial charge is 0.462 e. The summed E-state index contributed by atoms with van der Waals surface area (Å²) in [6.07, 6.45) is 62.3. The Labute approximate surface area is 390 Å². The van der Waals surface area contributed by atoms with Gasteiger partial charge in [0, 0.05) is 19.3 Å². The molecule has 0 N–H and O–H groups in total. The van der Waals surface area contributed by atoms with Crippen LogP contribution in [0.15, 0.2) is 48.6 Å². The topological polar surface area (TPSA) is 78.9 Å². The molecule has 63 heavy (non-hydrogen) atoms. The van der Waals surface area contributed by atoms with E-state index in [-0.39, 0.29) is 31.1 Å². The van der Waals surface area contributed by atoms with E-state index in [0.29, 0.717) is 19.3 Å². The van der Waals surface area contributed by atoms with E-state index < -0.39 is 6.10 Å². The Hall–Kier alpha value is -2.63. The molecule has 0 saturated heterocycles. The van der Waals surface area contributed by atoms with Gasteiger partial charge in [-0.3, -0.25) is 14.4 Å². The third-order valence-corrected chi connectivity index (χ3v) is 11.8. The average Bonchev–Trinajstić information content (AvgIpc) is 3.28. The molecular formula is C57H102O6. The minimum absolute atomic E-state index is 0.0827. The molecular weight excluding hydrogens is 781 g/mol. The Morgan fingerprint density at radius 2 is 0.587 bits per heavy atom. The van der Waals surface area contributed by atoms with Crippen molar-refractivity contribution in [1.82, 2.24) is 0 Å². The molecule has 6 heteroatoms. The predicted molar refractivity (Wildman–Crippen MR) is 270 cm³/mol. The molecule has 0 unspecified atom stereocenters. The molecule has 0 saturated carbocycles. The summed E-state index contributed by atoms with van der Waals surface area (Å²) in [6, 6.07) is 0. The van der Waals surface area contributed by atoms with Crippen molar-refractivity contribution >= 4 is 17.9 Å². The van der Waals surface area contributed by atoms with E-state index in [1.54, 1.807) is 0 Å². The molecule has 0 aromatic carbocycles. The molecule has 0 aliphatic carbocycles. The number of ether oxygens (including phenoxy) is 3. The molecule has 0 rings (SSSR count). The highest BCUT2D eigenvalue weighted by Gasteiger charge is 2.19. The molecule has 0 spiro atoms. The van der Waals surface area contributed by atoms with E-state index in [1.165, 1.54) is 148 Å². The van der Waals surface area contributed by atoms with Crippen molar-refractivity contribution in [1.29, 1.82) is 0 Å². The molecule has 0 fully saturated rings. The normalized spacial score (nSPS) is 12.4. The lowest BCUT2D eigenvalue weighted by atomic mass is 10.1. The van der Waals surface area contributed by atoms with Crippen molar-refractivity contribution in [3.63, 3.8) is 0 Å². The maximum atomic E-state index is 12.8. The molecule has 0 radical (unpaired) electrons. The van der Waals surface area contributed by atoms with Crippen LogP contribution in [0, 0.1) is 0 Å². The van der Waals surface area contributed by atoms with Crippen LogP contribution in [0.4, 0.5) is 0 Å². The lowest BCUT2D eigenvalue weighted by Crippen LogP contribution is -2.30. The number of hydrogen-bond acceptors (Lipinski definition) is 6. The van der Waals surface area contributed by atoms with Crippen molar-refractivity contribution < 1.29 is 28.6 Å². The minimum atomic E-state index is -0.784. The van der Waals surface area contributed by atoms with E-state index in [4.69, 9.17) is 14.2 Å². The van der Waals surface area contributed by atoms with Gasteiger partial charge in [-0.15, -0.1) is 0 Å². The van der Waals surface area contributed by atoms with Crippen LogP contribution in [-0.4, -0.2) is 37.2 Å². The first-order chi connectivity index (χ1) is 31.0. The maximum absolute atomic E-state index is 12.8. The van der Waals surface area contributed by atoms with Gasteiger partial charge in [0.2, 0.25) is 0 Å². The van der Waals surface area contributed by atoms with Crippen molar-refractivity contribution in [3.05, 3.63) is 48.6 Å². The second kappa shape index (κ2) is 52.0. The SMILES string of the molecule is CCCC/C=C\C/C=C\CCCCCCCC(=O)O[C@H](COC(=O)CCCCCCC/C=C\CCCCCCC)COC(=O)CCCCCCCCC/C=C\CCCCCCCC. The van der Waals surface area contributed by atoms with Crippen LogP contribution in [0.25, 0.3) is 0 Å². The van der Waals surface area contributed by atoms with Crippen molar-refractivity contribution in [2.45, 2.75) is 284 Å². The highest BCUT2D eigenvalue weighted by atomic mass is 16.6. The van der Waals surface area contributed by atoms with Crippen LogP contribution in [-0.2, 0) is 28.6 Å². The molecule has 0 bridgehead atoms. The predicted octanol–water partition coefficient (Wildman–Crippen LogP) is 17.9. The molecule has 0 heterocycles. The fourth-order valence-corrected chi connectivity index (χ4v) is 7.62. The van der Waals surface area contributed by atoms with Gasteiger partial charge in [-0.2, -0.15) is 0 Å². The van der Waals surface area contributed by atoms with Crippen molar-refractivity contribution in [2.75, 3.05) is 13.2 Å². The molecule has 0 aliphatic rings. The molecule has 0 amide bonds. The smallest absolute Gasteiger partial charge is 0.306 e. The summed E-state index contributed by atoms with van der Waals surface area (Å²) in [5, 5.41) is 0. The van der Waals surface area contributed by atoms with Gasteiger partial charge in [0.1, 0.15) is 13.2 Å². The number of unbranched alkanes of at least 4 members (excludes halogenated alkanes) is 30. The molecule has 366 valence electrons. The highest BCUT2D eigenvalue weighted by molar-refractivity contribution is 5.71. The first-order valence-electron chi connectivity index (χ1n) is 27.1. The van der Waals surface area contributed by atoms with Crippen LogP contribution in [0.5, 0.6) is 0 Å². The van der Waals surface area contributed by atoms with E-state index in [9.17, 15) is 14.4 Å². The third kappa shape index (κ3) is 50.2. The van der Waals surface area contributed by atoms with Gasteiger partial charge >= 0.3 is 17.9 Å². The number of hydrogen-bond donors (Lipinski definition) is 0. The number of carbonyl (C=O) groups excluding carboxylic acids is 3. The Balaban J connectivity index is 4.39. The molecule has 6 nitrogen and oxygen atoms in total. The number of rotatable bonds is 49. The quantitative estimate of drug-likeness (QED) is 0.0262. The van der Waals surface area contributed by atoms with Crippen LogP contribution in [0.1, 0.15) is 278 Å². The summed E-state index contributed by atoms with van der Waals surface area (Å²) in [5.74, 6) is -0.901. The number of allylic oxidation sites excluding steroid dienone is 8. The lowest BCUT2D eigenvalue weighted by molar-refractivity contribution is -0.167. The van der Waals surface area contributed by atoms with Crippen molar-refractivity contribution in [3.8, 4) is 0 Å². The van der Waals surface area contributed by atoms with Crippen LogP contribution in [0.2, 0.25) is 0 Å². The fraction of sp³-hybridized carbons (Fsp3) is 0.807. The Kier molecular flexibility index (Phi) is 49.8. The second-order valence-electron chi connectivity index (χ2n) is 18.1. The van der Waals surface area contributed by atoms with Crippen LogP contribution in [0.3, 0.4) is 0 Å². The van der Waals surface area contributed by atoms with Gasteiger partial charge in [0.25, 0.3) is 0 Å². The van der Waals surface area contributed by atoms with E-state index in [1.807, 2.05) is 0 Å². The standard InChI is InChI=1S/C57H102O6/c1-4-7-10-13-16-19-22-25-28-29-30-33-35-38-41-44-47-50-56(59)62-53-54(63-57(60)51-48-45-42-39-36-32-27-24-21-18-15-12-9-6-3)52-61-55(58)49-46-43-40-37-34-31-26-23-20-17-14-11-8-5-2/h15,18,23-28,54H,4-14,16-17,19-22,29-53H2,1-3H3/b18-15-,26-23-,27-24-,28-25-/t54-/m1/s1. The average molecular weight is 883 g/mol. The fourth-order valence-electron chi connectivity index (χ4n) is 7.62. The van der Waals surface area contributed by atoms with E-state index in [2.05, 4.69) is 69.4 Å². The third-order valence-electron chi connectivity index (χ3n) is 11.8. The Morgan fingerprint density at radius 1 is 0.317 bits per heavy atom. The Bertz CT molecular complexity index is 1110. The summed E-state index contributed by atoms with van der Waals surface area (Å²) in [7, 11) is 0. The highest BCUT2D eigenvalue weighted by Crippen LogP contribution is 2.15. The van der Waals surface area contributed by atoms with Gasteiger partial charge in [-0.1, -0.05) is 211 Å². The summed E-state index contributed by atoms with van der Waals surface area (Å²) >= 11 is 0. The zero-order valence-corrected chi connectivity index (χ0v) is 41.8. The first kappa shape index (κ1) is 60.4. The second-order valence-corrected chi connectivity index (χ2v) is 18.1. The summed E-state index contributed by atoms with van der Waals surface area (Å²) in [5.41, 5.74) is 0. The first-order valence-corrected chi connectivity index (χ1v) is 27.1. The molecule has 0 aliphatic heterocycles. The zero-order valence-electron chi connectivity index (χ0n) is 41.8. The molecule has 0 aromatic rings. The number of esters is 3. The van der Waals surface area contributed by atoms with Gasteiger partial charge < -0.3 is 14.2 Å². The summed E-state index contributed by atoms with van der Waals surface area (Å²) < 4.78 is 16.8. The number of carbonyl (C=O) groups is 3. The van der Waals surface area contributed by atoms with Crippen LogP contribution < -0.4 is 0 Å². The van der Waals surface area contributed by atoms with Crippen molar-refractivity contribution in [2.24, 2.45) is 0 Å². The Morgan fingerprint density at radius 3 is 0.937 bits per heavy atom. The van der Waals surface area contributed by atoms with Gasteiger partial charge in [0.15, 0.2) is 6.10 Å². The molecule has 0 aromatic heterocycles. The van der Waals surface area contributed by atoms with Gasteiger partial charge in [-0.05, 0) is 96.3 Å². The summed E-state index contributed by atoms with van der Waals surface area (Å²) in [4.78, 5) is 38.0. The maximum Gasteiger partial charge on any atom is 0.306 e. The monoisotopic (exact) mass is 883 g/mol. The lowest BCUT2D eigenvalue weighted by Gasteiger charge is -2.18. The molecule has 1 atom stereocenters. The van der Waals surface area contributed by atoms with Crippen LogP contribution >= 0.6 is 0 Å². The van der Waals surface area contributed by atoms with E-state index >= 15 is 0 Å². The zero-order chi connectivity index (χ0) is 45.8. The minimum Gasteiger partial charge on any atom is -0.462 e. The van der Waals surface area contributed by atoms with Gasteiger partial charge in [0.05, 0.1) is 0 Å².